The van der Waals surface area contributed by atoms with E-state index in [0.29, 0.717) is 0 Å². The van der Waals surface area contributed by atoms with Crippen LogP contribution in [0.1, 0.15) is 54.5 Å². The van der Waals surface area contributed by atoms with Crippen LogP contribution in [0.4, 0.5) is 11.4 Å². The zero-order chi connectivity index (χ0) is 26.9. The highest BCUT2D eigenvalue weighted by atomic mass is 35.5. The molecular weight excluding hydrogens is 478 g/mol. The summed E-state index contributed by atoms with van der Waals surface area (Å²) < 4.78 is 0. The molecule has 4 nitrogen and oxygen atoms in total. The summed E-state index contributed by atoms with van der Waals surface area (Å²) in [4.78, 5) is 4.02. The zero-order valence-electron chi connectivity index (χ0n) is 22.3. The monoisotopic (exact) mass is 513 g/mol. The van der Waals surface area contributed by atoms with E-state index in [9.17, 15) is 5.11 Å². The van der Waals surface area contributed by atoms with E-state index in [1.165, 1.54) is 0 Å². The molecule has 192 valence electrons. The number of nitrogens with zero attached hydrogens (tertiary/aromatic N) is 1. The van der Waals surface area contributed by atoms with Crippen molar-refractivity contribution in [2.24, 2.45) is 10.9 Å². The number of hydrogen-bond acceptors (Lipinski definition) is 4. The molecule has 1 fully saturated rings. The molecule has 3 unspecified atom stereocenters. The normalized spacial score (nSPS) is 20.9. The number of benzene rings is 3. The number of halogens is 1. The van der Waals surface area contributed by atoms with Gasteiger partial charge in [0.15, 0.2) is 0 Å². The molecule has 0 bridgehead atoms. The number of nitrogens with one attached hydrogen (secondary N) is 2. The summed E-state index contributed by atoms with van der Waals surface area (Å²) in [6.07, 6.45) is 0. The number of allylic oxidation sites excluding steroid dienone is 1. The molecule has 1 aliphatic rings. The van der Waals surface area contributed by atoms with Crippen LogP contribution in [-0.2, 0) is 0 Å². The second-order valence-corrected chi connectivity index (χ2v) is 10.9. The molecule has 3 N–H and O–H groups in total. The van der Waals surface area contributed by atoms with Gasteiger partial charge in [0.1, 0.15) is 5.75 Å². The summed E-state index contributed by atoms with van der Waals surface area (Å²) in [7, 11) is 0. The molecule has 3 atom stereocenters. The average Bonchev–Trinajstić information content (AvgIpc) is 3.42. The summed E-state index contributed by atoms with van der Waals surface area (Å²) in [5, 5.41) is 17.0. The number of aryl methyl sites for hydroxylation is 2. The number of rotatable bonds is 9. The van der Waals surface area contributed by atoms with Gasteiger partial charge in [0.05, 0.1) is 4.87 Å². The summed E-state index contributed by atoms with van der Waals surface area (Å²) >= 11 is 6.90. The Hall–Kier alpha value is -3.50. The van der Waals surface area contributed by atoms with Gasteiger partial charge in [-0.15, -0.1) is 11.6 Å². The van der Waals surface area contributed by atoms with Crippen LogP contribution in [0.25, 0.3) is 5.70 Å². The Kier molecular flexibility index (Phi) is 7.52. The third-order valence-electron chi connectivity index (χ3n) is 7.12. The fraction of sp³-hybridized carbons (Fsp3) is 0.281. The second kappa shape index (κ2) is 10.5. The van der Waals surface area contributed by atoms with E-state index in [2.05, 4.69) is 66.0 Å². The van der Waals surface area contributed by atoms with Crippen LogP contribution in [0.2, 0.25) is 0 Å². The summed E-state index contributed by atoms with van der Waals surface area (Å²) in [5.41, 5.74) is 9.93. The van der Waals surface area contributed by atoms with E-state index < -0.39 is 4.87 Å². The minimum absolute atomic E-state index is 0.0414. The van der Waals surface area contributed by atoms with Crippen molar-refractivity contribution < 1.29 is 5.11 Å². The van der Waals surface area contributed by atoms with Crippen LogP contribution in [-0.4, -0.2) is 22.2 Å². The average molecular weight is 514 g/mol. The lowest BCUT2D eigenvalue weighted by Gasteiger charge is -2.16. The van der Waals surface area contributed by atoms with E-state index in [0.717, 1.165) is 62.8 Å². The van der Waals surface area contributed by atoms with Crippen molar-refractivity contribution in [1.29, 1.82) is 0 Å². The van der Waals surface area contributed by atoms with Gasteiger partial charge in [0, 0.05) is 52.4 Å². The first kappa shape index (κ1) is 26.6. The van der Waals surface area contributed by atoms with Gasteiger partial charge in [-0.25, -0.2) is 0 Å². The lowest BCUT2D eigenvalue weighted by molar-refractivity contribution is 0.474. The highest BCUT2D eigenvalue weighted by Crippen LogP contribution is 2.64. The SMILES string of the molecule is C=C(Nc1ccc(/C(C)=N/CC)cc1)c1cc(NC(=C)C2C(c3cc(C)cc(O)c3)C2(C)Cl)ccc1C. The predicted molar refractivity (Wildman–Crippen MR) is 159 cm³/mol. The molecule has 1 saturated carbocycles. The van der Waals surface area contributed by atoms with Crippen LogP contribution in [0.15, 0.2) is 84.5 Å². The maximum Gasteiger partial charge on any atom is 0.116 e. The fourth-order valence-electron chi connectivity index (χ4n) is 5.17. The molecule has 0 heterocycles. The first-order valence-corrected chi connectivity index (χ1v) is 13.0. The van der Waals surface area contributed by atoms with Crippen LogP contribution in [0, 0.1) is 19.8 Å². The van der Waals surface area contributed by atoms with Crippen LogP contribution >= 0.6 is 11.6 Å². The molecular formula is C32H36ClN3O. The van der Waals surface area contributed by atoms with Gasteiger partial charge >= 0.3 is 0 Å². The number of aliphatic imine (C=N–C) groups is 1. The van der Waals surface area contributed by atoms with Crippen LogP contribution in [0.3, 0.4) is 0 Å². The van der Waals surface area contributed by atoms with E-state index in [4.69, 9.17) is 11.6 Å². The molecule has 0 amide bonds. The fourth-order valence-corrected chi connectivity index (χ4v) is 5.61. The Bertz CT molecular complexity index is 1350. The molecule has 5 heteroatoms. The molecule has 3 aromatic rings. The van der Waals surface area contributed by atoms with Crippen LogP contribution in [0.5, 0.6) is 5.75 Å². The summed E-state index contributed by atoms with van der Waals surface area (Å²) in [6.45, 7) is 19.5. The maximum atomic E-state index is 10.1. The number of aromatic hydroxyl groups is 1. The quantitative estimate of drug-likeness (QED) is 0.199. The number of phenolic OH excluding ortho intramolecular Hbond substituents is 1. The number of phenols is 1. The van der Waals surface area contributed by atoms with Crippen molar-refractivity contribution in [3.63, 3.8) is 0 Å². The molecule has 0 spiro atoms. The lowest BCUT2D eigenvalue weighted by atomic mass is 10.0. The third kappa shape index (κ3) is 5.75. The largest absolute Gasteiger partial charge is 0.508 e. The van der Waals surface area contributed by atoms with Crippen molar-refractivity contribution in [3.05, 3.63) is 107 Å². The van der Waals surface area contributed by atoms with E-state index in [-0.39, 0.29) is 17.6 Å². The van der Waals surface area contributed by atoms with Crippen molar-refractivity contribution >= 4 is 34.4 Å². The highest BCUT2D eigenvalue weighted by Gasteiger charge is 2.62. The van der Waals surface area contributed by atoms with E-state index >= 15 is 0 Å². The smallest absolute Gasteiger partial charge is 0.116 e. The lowest BCUT2D eigenvalue weighted by Crippen LogP contribution is -2.07. The number of alkyl halides is 1. The van der Waals surface area contributed by atoms with Crippen molar-refractivity contribution in [1.82, 2.24) is 0 Å². The molecule has 0 aromatic heterocycles. The highest BCUT2D eigenvalue weighted by molar-refractivity contribution is 6.27. The topological polar surface area (TPSA) is 56.7 Å². The van der Waals surface area contributed by atoms with Gasteiger partial charge in [-0.05, 0) is 93.3 Å². The first-order valence-electron chi connectivity index (χ1n) is 12.6. The molecule has 37 heavy (non-hydrogen) atoms. The first-order chi connectivity index (χ1) is 17.5. The van der Waals surface area contributed by atoms with E-state index in [1.807, 2.05) is 45.9 Å². The Balaban J connectivity index is 1.47. The second-order valence-electron chi connectivity index (χ2n) is 10.1. The van der Waals surface area contributed by atoms with Gasteiger partial charge in [-0.3, -0.25) is 4.99 Å². The molecule has 0 radical (unpaired) electrons. The Morgan fingerprint density at radius 3 is 2.32 bits per heavy atom. The van der Waals surface area contributed by atoms with Crippen molar-refractivity contribution in [2.75, 3.05) is 17.2 Å². The number of anilines is 2. The summed E-state index contributed by atoms with van der Waals surface area (Å²) in [6, 6.07) is 20.1. The number of hydrogen-bond donors (Lipinski definition) is 3. The molecule has 0 saturated heterocycles. The molecule has 4 rings (SSSR count). The van der Waals surface area contributed by atoms with Crippen LogP contribution < -0.4 is 10.6 Å². The Morgan fingerprint density at radius 1 is 1.00 bits per heavy atom. The van der Waals surface area contributed by atoms with Crippen molar-refractivity contribution in [3.8, 4) is 5.75 Å². The zero-order valence-corrected chi connectivity index (χ0v) is 23.1. The maximum absolute atomic E-state index is 10.1. The molecule has 0 aliphatic heterocycles. The van der Waals surface area contributed by atoms with Gasteiger partial charge in [0.25, 0.3) is 0 Å². The molecule has 1 aliphatic carbocycles. The van der Waals surface area contributed by atoms with E-state index in [1.54, 1.807) is 12.1 Å². The van der Waals surface area contributed by atoms with Gasteiger partial charge < -0.3 is 15.7 Å². The molecule has 3 aromatic carbocycles. The third-order valence-corrected chi connectivity index (χ3v) is 7.59. The van der Waals surface area contributed by atoms with Crippen molar-refractivity contribution in [2.45, 2.75) is 45.4 Å². The standard InChI is InChI=1S/C32H36ClN3O/c1-8-34-21(4)24-10-13-26(14-11-24)35-22(5)29-18-27(12-9-20(29)3)36-23(6)30-31(32(30,7)33)25-15-19(2)16-28(37)17-25/h9-18,30-31,35-37H,5-6,8H2,1-4,7H3/b34-21+. The minimum atomic E-state index is -0.463. The summed E-state index contributed by atoms with van der Waals surface area (Å²) in [5.74, 6) is 0.384. The van der Waals surface area contributed by atoms with Gasteiger partial charge in [0.2, 0.25) is 0 Å². The Labute approximate surface area is 225 Å². The Morgan fingerprint density at radius 2 is 1.68 bits per heavy atom. The predicted octanol–water partition coefficient (Wildman–Crippen LogP) is 8.26. The van der Waals surface area contributed by atoms with Gasteiger partial charge in [-0.1, -0.05) is 37.4 Å². The van der Waals surface area contributed by atoms with Gasteiger partial charge in [-0.2, -0.15) is 0 Å². The minimum Gasteiger partial charge on any atom is -0.508 e.